The summed E-state index contributed by atoms with van der Waals surface area (Å²) < 4.78 is 3.59. The van der Waals surface area contributed by atoms with Gasteiger partial charge in [0, 0.05) is 0 Å². The number of fused-ring (bicyclic) bond motifs is 2. The zero-order valence-electron chi connectivity index (χ0n) is 15.9. The second-order valence-corrected chi connectivity index (χ2v) is 9.69. The van der Waals surface area contributed by atoms with E-state index in [0.29, 0.717) is 8.45 Å². The van der Waals surface area contributed by atoms with Crippen LogP contribution in [-0.2, 0) is 19.2 Å². The molecular weight excluding hydrogens is 421 g/mol. The summed E-state index contributed by atoms with van der Waals surface area (Å²) in [6.45, 7) is 4.41. The summed E-state index contributed by atoms with van der Waals surface area (Å²) in [5.74, 6) is 0. The van der Waals surface area contributed by atoms with Crippen molar-refractivity contribution in [3.8, 4) is 0 Å². The molecule has 0 N–H and O–H groups in total. The number of hydrogen-bond donors (Lipinski definition) is 0. The average molecular weight is 442 g/mol. The smallest absolute Gasteiger partial charge is 1.00 e. The fourth-order valence-electron chi connectivity index (χ4n) is 4.29. The first kappa shape index (κ1) is 21.2. The van der Waals surface area contributed by atoms with E-state index in [0.717, 1.165) is 0 Å². The topological polar surface area (TPSA) is 4.93 Å². The molecule has 4 heteroatoms. The summed E-state index contributed by atoms with van der Waals surface area (Å²) in [6, 6.07) is 20.1. The van der Waals surface area contributed by atoms with Crippen LogP contribution in [0.3, 0.4) is 0 Å². The summed E-state index contributed by atoms with van der Waals surface area (Å²) in [5, 5.41) is 0. The third-order valence-electron chi connectivity index (χ3n) is 5.48. The molecule has 2 aromatic carbocycles. The minimum absolute atomic E-state index is 0. The Bertz CT molecular complexity index is 1060. The zero-order valence-corrected chi connectivity index (χ0v) is 18.9. The van der Waals surface area contributed by atoms with Crippen molar-refractivity contribution < 1.29 is 44.0 Å². The second-order valence-electron chi connectivity index (χ2n) is 7.29. The van der Waals surface area contributed by atoms with Crippen molar-refractivity contribution in [2.45, 2.75) is 22.3 Å². The fourth-order valence-corrected chi connectivity index (χ4v) is 7.17. The monoisotopic (exact) mass is 441 g/mol. The molecule has 5 rings (SSSR count). The van der Waals surface area contributed by atoms with Crippen molar-refractivity contribution in [1.82, 2.24) is 4.57 Å². The Morgan fingerprint density at radius 3 is 2.25 bits per heavy atom. The van der Waals surface area contributed by atoms with Gasteiger partial charge in [-0.15, -0.1) is 0 Å². The predicted octanol–water partition coefficient (Wildman–Crippen LogP) is 0.0163. The normalized spacial score (nSPS) is 18.4. The molecule has 140 valence electrons. The molecule has 2 aliphatic carbocycles. The largest absolute Gasteiger partial charge is 1.00 e. The summed E-state index contributed by atoms with van der Waals surface area (Å²) >= 11 is -0.273. The van der Waals surface area contributed by atoms with Crippen molar-refractivity contribution in [3.05, 3.63) is 100 Å². The Morgan fingerprint density at radius 2 is 1.54 bits per heavy atom. The standard InChI is InChI=1S/C15H14N.C9H7.2ClH.Ti/c1-11-7-12(2)16(10-11)15-8-13-5-3-4-6-14(13)9-15;1-2-5-9-7-3-6-8(9)4-1;;;/h3-10H,1-2H3;1-7H;2*1H;/q;;;;+2/p-2. The first-order chi connectivity index (χ1) is 12.7. The quantitative estimate of drug-likeness (QED) is 0.505. The van der Waals surface area contributed by atoms with Crippen LogP contribution in [-0.4, -0.2) is 4.57 Å². The molecule has 3 aromatic rings. The third kappa shape index (κ3) is 3.58. The first-order valence-corrected chi connectivity index (χ1v) is 11.0. The van der Waals surface area contributed by atoms with Crippen LogP contribution in [0.25, 0.3) is 17.8 Å². The van der Waals surface area contributed by atoms with Crippen molar-refractivity contribution in [2.75, 3.05) is 0 Å². The van der Waals surface area contributed by atoms with Crippen molar-refractivity contribution in [3.63, 3.8) is 0 Å². The molecule has 0 radical (unpaired) electrons. The van der Waals surface area contributed by atoms with Crippen molar-refractivity contribution in [2.24, 2.45) is 0 Å². The average Bonchev–Trinajstić information content (AvgIpc) is 3.31. The maximum Gasteiger partial charge on any atom is -1.00 e. The molecular formula is C24H21Cl2NTi. The third-order valence-corrected chi connectivity index (χ3v) is 8.29. The van der Waals surface area contributed by atoms with E-state index in [2.05, 4.69) is 97.4 Å². The Hall–Kier alpha value is -1.51. The van der Waals surface area contributed by atoms with E-state index < -0.39 is 0 Å². The molecule has 1 aromatic heterocycles. The number of halogens is 2. The van der Waals surface area contributed by atoms with Gasteiger partial charge >= 0.3 is 164 Å². The number of aromatic nitrogens is 1. The van der Waals surface area contributed by atoms with Gasteiger partial charge in [0.05, 0.1) is 0 Å². The van der Waals surface area contributed by atoms with E-state index in [-0.39, 0.29) is 44.0 Å². The summed E-state index contributed by atoms with van der Waals surface area (Å²) in [6.07, 6.45) is 9.47. The van der Waals surface area contributed by atoms with E-state index in [1.54, 1.807) is 0 Å². The Labute approximate surface area is 188 Å². The maximum atomic E-state index is 2.44. The number of benzene rings is 2. The van der Waals surface area contributed by atoms with Gasteiger partial charge in [0.15, 0.2) is 0 Å². The predicted molar refractivity (Wildman–Crippen MR) is 105 cm³/mol. The SMILES string of the molecule is Cc1cc(C)n(C2=Cc3ccccc3[CH]2[Ti+2][CH]2C=Cc3ccccc32)c1.[Cl-].[Cl-]. The molecule has 0 fully saturated rings. The maximum absolute atomic E-state index is 2.44. The molecule has 0 saturated carbocycles. The van der Waals surface area contributed by atoms with Gasteiger partial charge in [-0.1, -0.05) is 0 Å². The van der Waals surface area contributed by atoms with Crippen LogP contribution in [0, 0.1) is 13.8 Å². The van der Waals surface area contributed by atoms with Crippen LogP contribution in [0.2, 0.25) is 0 Å². The minimum Gasteiger partial charge on any atom is -1.00 e. The summed E-state index contributed by atoms with van der Waals surface area (Å²) in [4.78, 5) is 0. The molecule has 0 amide bonds. The van der Waals surface area contributed by atoms with Crippen LogP contribution in [0.1, 0.15) is 42.0 Å². The van der Waals surface area contributed by atoms with E-state index in [4.69, 9.17) is 0 Å². The van der Waals surface area contributed by atoms with E-state index >= 15 is 0 Å². The van der Waals surface area contributed by atoms with E-state index in [9.17, 15) is 0 Å². The van der Waals surface area contributed by atoms with Crippen LogP contribution in [0.4, 0.5) is 0 Å². The van der Waals surface area contributed by atoms with Crippen LogP contribution >= 0.6 is 0 Å². The molecule has 0 aliphatic heterocycles. The molecule has 2 aliphatic rings. The first-order valence-electron chi connectivity index (χ1n) is 9.20. The molecule has 1 nitrogen and oxygen atoms in total. The number of allylic oxidation sites excluding steroid dienone is 2. The van der Waals surface area contributed by atoms with E-state index in [1.807, 2.05) is 0 Å². The van der Waals surface area contributed by atoms with Gasteiger partial charge in [-0.05, 0) is 0 Å². The van der Waals surface area contributed by atoms with Gasteiger partial charge in [-0.2, -0.15) is 0 Å². The Kier molecular flexibility index (Phi) is 6.42. The molecule has 0 bridgehead atoms. The van der Waals surface area contributed by atoms with Crippen LogP contribution < -0.4 is 24.8 Å². The number of aryl methyl sites for hydroxylation is 2. The molecule has 1 heterocycles. The Balaban J connectivity index is 0.00000112. The van der Waals surface area contributed by atoms with Crippen LogP contribution in [0.5, 0.6) is 0 Å². The van der Waals surface area contributed by atoms with Gasteiger partial charge in [0.2, 0.25) is 0 Å². The molecule has 0 spiro atoms. The summed E-state index contributed by atoms with van der Waals surface area (Å²) in [7, 11) is 0. The minimum atomic E-state index is -0.273. The molecule has 2 unspecified atom stereocenters. The van der Waals surface area contributed by atoms with Gasteiger partial charge in [-0.3, -0.25) is 0 Å². The number of rotatable bonds is 3. The zero-order chi connectivity index (χ0) is 17.7. The van der Waals surface area contributed by atoms with Crippen molar-refractivity contribution in [1.29, 1.82) is 0 Å². The molecule has 28 heavy (non-hydrogen) atoms. The van der Waals surface area contributed by atoms with Gasteiger partial charge in [-0.25, -0.2) is 0 Å². The number of hydrogen-bond acceptors (Lipinski definition) is 0. The second kappa shape index (κ2) is 8.47. The van der Waals surface area contributed by atoms with Gasteiger partial charge in [0.25, 0.3) is 0 Å². The van der Waals surface area contributed by atoms with Gasteiger partial charge in [0.1, 0.15) is 0 Å². The van der Waals surface area contributed by atoms with Crippen LogP contribution in [0.15, 0.2) is 66.9 Å². The van der Waals surface area contributed by atoms with E-state index in [1.165, 1.54) is 39.2 Å². The molecule has 2 atom stereocenters. The Morgan fingerprint density at radius 1 is 0.857 bits per heavy atom. The number of nitrogens with zero attached hydrogens (tertiary/aromatic N) is 1. The fraction of sp³-hybridized carbons (Fsp3) is 0.167. The summed E-state index contributed by atoms with van der Waals surface area (Å²) in [5.41, 5.74) is 9.99. The van der Waals surface area contributed by atoms with Gasteiger partial charge < -0.3 is 24.8 Å². The van der Waals surface area contributed by atoms with Crippen molar-refractivity contribution >= 4 is 17.8 Å². The molecule has 0 saturated heterocycles.